The Morgan fingerprint density at radius 2 is 1.97 bits per heavy atom. The average molecular weight is 590 g/mol. The number of nitrogens with one attached hydrogen (secondary N) is 1. The summed E-state index contributed by atoms with van der Waals surface area (Å²) in [6.45, 7) is 3.15. The summed E-state index contributed by atoms with van der Waals surface area (Å²) < 4.78 is 42.9. The Morgan fingerprint density at radius 1 is 1.21 bits per heavy atom. The summed E-state index contributed by atoms with van der Waals surface area (Å²) in [6.07, 6.45) is -2.28. The van der Waals surface area contributed by atoms with Gasteiger partial charge in [-0.1, -0.05) is 6.07 Å². The molecule has 5 rings (SSSR count). The topological polar surface area (TPSA) is 119 Å². The van der Waals surface area contributed by atoms with Gasteiger partial charge in [0.2, 0.25) is 11.8 Å². The fraction of sp³-hybridized carbons (Fsp3) is 0.320. The molecule has 1 aliphatic rings. The fourth-order valence-corrected chi connectivity index (χ4v) is 5.51. The van der Waals surface area contributed by atoms with Crippen molar-refractivity contribution in [3.8, 4) is 0 Å². The Balaban J connectivity index is 1.53. The summed E-state index contributed by atoms with van der Waals surface area (Å²) in [6, 6.07) is 6.19. The molecule has 4 aromatic rings. The molecule has 0 aliphatic carbocycles. The highest BCUT2D eigenvalue weighted by atomic mass is 79.9. The molecule has 198 valence electrons. The highest BCUT2D eigenvalue weighted by molar-refractivity contribution is 9.10. The second-order valence-corrected chi connectivity index (χ2v) is 10.1. The first-order chi connectivity index (χ1) is 18.0. The van der Waals surface area contributed by atoms with E-state index in [0.717, 1.165) is 12.1 Å². The van der Waals surface area contributed by atoms with E-state index in [0.29, 0.717) is 34.3 Å². The summed E-state index contributed by atoms with van der Waals surface area (Å²) in [7, 11) is 0. The Kier molecular flexibility index (Phi) is 6.49. The highest BCUT2D eigenvalue weighted by Crippen LogP contribution is 2.38. The van der Waals surface area contributed by atoms with Crippen molar-refractivity contribution < 1.29 is 22.8 Å². The third kappa shape index (κ3) is 4.55. The van der Waals surface area contributed by atoms with Crippen molar-refractivity contribution in [1.82, 2.24) is 24.4 Å². The van der Waals surface area contributed by atoms with Crippen LogP contribution in [0.5, 0.6) is 0 Å². The molecular formula is C25H23BrF3N7O2. The molecule has 4 heterocycles. The number of likely N-dealkylation sites (tertiary alicyclic amines) is 1. The third-order valence-corrected chi connectivity index (χ3v) is 7.24. The van der Waals surface area contributed by atoms with Gasteiger partial charge in [0.25, 0.3) is 0 Å². The van der Waals surface area contributed by atoms with Crippen molar-refractivity contribution >= 4 is 61.3 Å². The van der Waals surface area contributed by atoms with E-state index < -0.39 is 17.8 Å². The van der Waals surface area contributed by atoms with E-state index in [1.165, 1.54) is 11.2 Å². The normalized spacial score (nSPS) is 17.9. The van der Waals surface area contributed by atoms with Crippen LogP contribution in [0.4, 0.5) is 24.8 Å². The quantitative estimate of drug-likeness (QED) is 0.334. The lowest BCUT2D eigenvalue weighted by Gasteiger charge is -2.28. The number of benzene rings is 1. The second kappa shape index (κ2) is 9.53. The van der Waals surface area contributed by atoms with Crippen LogP contribution in [0.3, 0.4) is 0 Å². The molecule has 3 aromatic heterocycles. The number of alkyl halides is 3. The molecule has 2 atom stereocenters. The standard InChI is InChI=1S/C25H23BrF3N7O2/c1-12-8-14(25(27,28)29)9-15-20-22(30)31-11-32-23(20)35(21(12)15)10-19(37)36-13(2)6-7-16(36)24(38)34-18-5-3-4-17(26)33-18/h3-5,8-9,11,13,16H,6-7,10H2,1-2H3,(H2,30,31,32)(H,33,34,38)/t13-,16+/m1/s1. The molecule has 0 unspecified atom stereocenters. The molecule has 1 aromatic carbocycles. The number of aryl methyl sites for hydroxylation is 1. The highest BCUT2D eigenvalue weighted by Gasteiger charge is 2.39. The Labute approximate surface area is 223 Å². The average Bonchev–Trinajstić information content (AvgIpc) is 3.38. The van der Waals surface area contributed by atoms with Gasteiger partial charge in [0.05, 0.1) is 16.5 Å². The SMILES string of the molecule is Cc1cc(C(F)(F)F)cc2c3c(N)ncnc3n(CC(=O)N3[C@H](C)CC[C@H]3C(=O)Nc3cccc(Br)n3)c12. The molecule has 9 nitrogen and oxygen atoms in total. The number of rotatable bonds is 4. The lowest BCUT2D eigenvalue weighted by Crippen LogP contribution is -2.47. The molecule has 0 bridgehead atoms. The zero-order chi connectivity index (χ0) is 27.4. The maximum Gasteiger partial charge on any atom is 0.416 e. The molecular weight excluding hydrogens is 567 g/mol. The second-order valence-electron chi connectivity index (χ2n) is 9.31. The van der Waals surface area contributed by atoms with Crippen LogP contribution < -0.4 is 11.1 Å². The number of nitrogens with two attached hydrogens (primary N) is 1. The van der Waals surface area contributed by atoms with Gasteiger partial charge in [-0.25, -0.2) is 15.0 Å². The zero-order valence-corrected chi connectivity index (χ0v) is 22.0. The number of fused-ring (bicyclic) bond motifs is 3. The number of carbonyl (C=O) groups is 2. The van der Waals surface area contributed by atoms with Crippen molar-refractivity contribution in [2.75, 3.05) is 11.1 Å². The lowest BCUT2D eigenvalue weighted by atomic mass is 10.1. The van der Waals surface area contributed by atoms with Crippen LogP contribution in [0.2, 0.25) is 0 Å². The van der Waals surface area contributed by atoms with E-state index in [1.54, 1.807) is 29.7 Å². The maximum absolute atomic E-state index is 13.7. The molecule has 1 saturated heterocycles. The number of anilines is 2. The van der Waals surface area contributed by atoms with E-state index in [1.807, 2.05) is 6.92 Å². The van der Waals surface area contributed by atoms with E-state index in [9.17, 15) is 22.8 Å². The van der Waals surface area contributed by atoms with E-state index >= 15 is 0 Å². The number of aromatic nitrogens is 4. The van der Waals surface area contributed by atoms with Gasteiger partial charge in [0, 0.05) is 11.4 Å². The van der Waals surface area contributed by atoms with Crippen molar-refractivity contribution in [3.63, 3.8) is 0 Å². The van der Waals surface area contributed by atoms with Crippen LogP contribution in [0.25, 0.3) is 21.9 Å². The van der Waals surface area contributed by atoms with Crippen LogP contribution >= 0.6 is 15.9 Å². The number of amides is 2. The summed E-state index contributed by atoms with van der Waals surface area (Å²) in [4.78, 5) is 40.8. The minimum Gasteiger partial charge on any atom is -0.383 e. The molecule has 0 spiro atoms. The van der Waals surface area contributed by atoms with Gasteiger partial charge in [-0.05, 0) is 72.4 Å². The number of hydrogen-bond acceptors (Lipinski definition) is 6. The monoisotopic (exact) mass is 589 g/mol. The Bertz CT molecular complexity index is 1590. The molecule has 13 heteroatoms. The summed E-state index contributed by atoms with van der Waals surface area (Å²) in [5.74, 6) is -0.374. The zero-order valence-electron chi connectivity index (χ0n) is 20.4. The first-order valence-corrected chi connectivity index (χ1v) is 12.6. The number of hydrogen-bond donors (Lipinski definition) is 2. The number of pyridine rings is 1. The van der Waals surface area contributed by atoms with Crippen molar-refractivity contribution in [3.05, 3.63) is 52.4 Å². The third-order valence-electron chi connectivity index (χ3n) is 6.80. The fourth-order valence-electron chi connectivity index (χ4n) is 5.17. The van der Waals surface area contributed by atoms with Crippen molar-refractivity contribution in [1.29, 1.82) is 0 Å². The van der Waals surface area contributed by atoms with Gasteiger partial charge in [-0.15, -0.1) is 0 Å². The molecule has 1 fully saturated rings. The summed E-state index contributed by atoms with van der Waals surface area (Å²) in [5.41, 5.74) is 6.19. The van der Waals surface area contributed by atoms with Gasteiger partial charge >= 0.3 is 6.18 Å². The van der Waals surface area contributed by atoms with Crippen LogP contribution in [0.15, 0.2) is 41.3 Å². The summed E-state index contributed by atoms with van der Waals surface area (Å²) in [5, 5.41) is 3.22. The van der Waals surface area contributed by atoms with Crippen LogP contribution in [-0.4, -0.2) is 48.3 Å². The van der Waals surface area contributed by atoms with Gasteiger partial charge in [-0.2, -0.15) is 13.2 Å². The smallest absolute Gasteiger partial charge is 0.383 e. The molecule has 38 heavy (non-hydrogen) atoms. The van der Waals surface area contributed by atoms with Crippen molar-refractivity contribution in [2.45, 2.75) is 51.5 Å². The van der Waals surface area contributed by atoms with E-state index in [2.05, 4.69) is 36.2 Å². The minimum absolute atomic E-state index is 0.0123. The predicted molar refractivity (Wildman–Crippen MR) is 139 cm³/mol. The molecule has 0 saturated carbocycles. The molecule has 2 amide bonds. The Morgan fingerprint density at radius 3 is 2.68 bits per heavy atom. The number of nitrogens with zero attached hydrogens (tertiary/aromatic N) is 5. The summed E-state index contributed by atoms with van der Waals surface area (Å²) >= 11 is 3.27. The van der Waals surface area contributed by atoms with Crippen LogP contribution in [0, 0.1) is 6.92 Å². The molecule has 0 radical (unpaired) electrons. The molecule has 3 N–H and O–H groups in total. The van der Waals surface area contributed by atoms with Crippen molar-refractivity contribution in [2.24, 2.45) is 0 Å². The van der Waals surface area contributed by atoms with Gasteiger partial charge < -0.3 is 20.5 Å². The van der Waals surface area contributed by atoms with E-state index in [-0.39, 0.29) is 46.6 Å². The first kappa shape index (κ1) is 25.9. The van der Waals surface area contributed by atoms with Crippen LogP contribution in [0.1, 0.15) is 30.9 Å². The van der Waals surface area contributed by atoms with Gasteiger partial charge in [0.15, 0.2) is 0 Å². The molecule has 1 aliphatic heterocycles. The first-order valence-electron chi connectivity index (χ1n) is 11.8. The lowest BCUT2D eigenvalue weighted by molar-refractivity contribution is -0.139. The Hall–Kier alpha value is -3.74. The predicted octanol–water partition coefficient (Wildman–Crippen LogP) is 4.67. The van der Waals surface area contributed by atoms with Crippen LogP contribution in [-0.2, 0) is 22.3 Å². The number of halogens is 4. The van der Waals surface area contributed by atoms with Gasteiger partial charge in [0.1, 0.15) is 40.8 Å². The largest absolute Gasteiger partial charge is 0.416 e. The maximum atomic E-state index is 13.7. The van der Waals surface area contributed by atoms with Gasteiger partial charge in [-0.3, -0.25) is 9.59 Å². The number of nitrogen functional groups attached to an aromatic ring is 1. The van der Waals surface area contributed by atoms with E-state index in [4.69, 9.17) is 5.73 Å². The number of carbonyl (C=O) groups excluding carboxylic acids is 2. The minimum atomic E-state index is -4.57.